The molecule has 1 saturated heterocycles. The van der Waals surface area contributed by atoms with E-state index in [9.17, 15) is 19.3 Å². The highest BCUT2D eigenvalue weighted by atomic mass is 19.1. The summed E-state index contributed by atoms with van der Waals surface area (Å²) in [6, 6.07) is 3.06. The normalized spacial score (nSPS) is 19.1. The number of halogens is 1. The molecule has 0 aromatic heterocycles. The summed E-state index contributed by atoms with van der Waals surface area (Å²) in [6.07, 6.45) is 1.48. The zero-order valence-corrected chi connectivity index (χ0v) is 12.0. The van der Waals surface area contributed by atoms with Gasteiger partial charge in [0.1, 0.15) is 5.82 Å². The molecule has 1 fully saturated rings. The van der Waals surface area contributed by atoms with E-state index in [1.54, 1.807) is 0 Å². The summed E-state index contributed by atoms with van der Waals surface area (Å²) >= 11 is 0. The van der Waals surface area contributed by atoms with Crippen molar-refractivity contribution >= 4 is 17.3 Å². The maximum absolute atomic E-state index is 13.5. The molecule has 0 spiro atoms. The topological polar surface area (TPSA) is 75.5 Å². The van der Waals surface area contributed by atoms with Crippen molar-refractivity contribution in [2.24, 2.45) is 0 Å². The largest absolute Gasteiger partial charge is 0.311 e. The monoisotopic (exact) mass is 295 g/mol. The van der Waals surface area contributed by atoms with Gasteiger partial charge in [-0.25, -0.2) is 4.39 Å². The van der Waals surface area contributed by atoms with Crippen LogP contribution in [0.15, 0.2) is 18.2 Å². The molecule has 1 aliphatic rings. The molecular formula is C14H18FN3O3. The summed E-state index contributed by atoms with van der Waals surface area (Å²) in [4.78, 5) is 24.0. The molecule has 1 N–H and O–H groups in total. The van der Waals surface area contributed by atoms with Crippen LogP contribution >= 0.6 is 0 Å². The zero-order chi connectivity index (χ0) is 15.6. The average Bonchev–Trinajstić information content (AvgIpc) is 2.40. The minimum atomic E-state index is -0.717. The van der Waals surface area contributed by atoms with E-state index in [0.717, 1.165) is 18.6 Å². The van der Waals surface area contributed by atoms with Gasteiger partial charge in [-0.05, 0) is 18.9 Å². The van der Waals surface area contributed by atoms with Gasteiger partial charge in [0.15, 0.2) is 0 Å². The fourth-order valence-electron chi connectivity index (χ4n) is 2.51. The molecule has 1 atom stereocenters. The summed E-state index contributed by atoms with van der Waals surface area (Å²) in [5.74, 6) is -0.888. The number of nitro benzene ring substituents is 1. The van der Waals surface area contributed by atoms with E-state index in [2.05, 4.69) is 5.32 Å². The summed E-state index contributed by atoms with van der Waals surface area (Å²) in [6.45, 7) is 4.33. The first-order chi connectivity index (χ1) is 9.88. The Morgan fingerprint density at radius 1 is 1.43 bits per heavy atom. The SMILES string of the molecule is CC(C)NC1CCCN(c2cc(F)cc([N+](=O)[O-])c2)C1=O. The molecule has 21 heavy (non-hydrogen) atoms. The summed E-state index contributed by atoms with van der Waals surface area (Å²) in [5.41, 5.74) is -0.112. The number of hydrogen-bond acceptors (Lipinski definition) is 4. The Morgan fingerprint density at radius 3 is 2.76 bits per heavy atom. The van der Waals surface area contributed by atoms with Crippen molar-refractivity contribution in [2.75, 3.05) is 11.4 Å². The average molecular weight is 295 g/mol. The molecule has 6 nitrogen and oxygen atoms in total. The number of hydrogen-bond donors (Lipinski definition) is 1. The standard InChI is InChI=1S/C14H18FN3O3/c1-9(2)16-13-4-3-5-17(14(13)19)11-6-10(15)7-12(8-11)18(20)21/h6-9,13,16H,3-5H2,1-2H3. The van der Waals surface area contributed by atoms with Gasteiger partial charge < -0.3 is 10.2 Å². The molecule has 0 bridgehead atoms. The van der Waals surface area contributed by atoms with Gasteiger partial charge in [0.25, 0.3) is 5.69 Å². The van der Waals surface area contributed by atoms with Crippen molar-refractivity contribution in [1.82, 2.24) is 5.32 Å². The molecule has 114 valence electrons. The fourth-order valence-corrected chi connectivity index (χ4v) is 2.51. The molecule has 1 aromatic carbocycles. The van der Waals surface area contributed by atoms with E-state index >= 15 is 0 Å². The summed E-state index contributed by atoms with van der Waals surface area (Å²) in [7, 11) is 0. The number of non-ortho nitro benzene ring substituents is 1. The second-order valence-corrected chi connectivity index (χ2v) is 5.43. The van der Waals surface area contributed by atoms with Crippen LogP contribution in [0.25, 0.3) is 0 Å². The number of carbonyl (C=O) groups is 1. The molecule has 7 heteroatoms. The third-order valence-electron chi connectivity index (χ3n) is 3.36. The van der Waals surface area contributed by atoms with Gasteiger partial charge in [0.2, 0.25) is 5.91 Å². The van der Waals surface area contributed by atoms with E-state index < -0.39 is 10.7 Å². The highest BCUT2D eigenvalue weighted by Gasteiger charge is 2.30. The maximum atomic E-state index is 13.5. The number of rotatable bonds is 4. The number of carbonyl (C=O) groups excluding carboxylic acids is 1. The Morgan fingerprint density at radius 2 is 2.14 bits per heavy atom. The molecule has 1 aromatic rings. The van der Waals surface area contributed by atoms with Gasteiger partial charge in [0, 0.05) is 18.7 Å². The number of nitrogens with one attached hydrogen (secondary N) is 1. The molecule has 1 unspecified atom stereocenters. The minimum Gasteiger partial charge on any atom is -0.311 e. The van der Waals surface area contributed by atoms with Gasteiger partial charge in [0.05, 0.1) is 22.7 Å². The molecule has 0 aliphatic carbocycles. The molecule has 1 aliphatic heterocycles. The summed E-state index contributed by atoms with van der Waals surface area (Å²) < 4.78 is 13.5. The lowest BCUT2D eigenvalue weighted by Crippen LogP contribution is -2.52. The van der Waals surface area contributed by atoms with Crippen molar-refractivity contribution in [3.05, 3.63) is 34.1 Å². The number of nitrogens with zero attached hydrogens (tertiary/aromatic N) is 2. The third kappa shape index (κ3) is 3.55. The highest BCUT2D eigenvalue weighted by Crippen LogP contribution is 2.26. The Kier molecular flexibility index (Phi) is 4.52. The van der Waals surface area contributed by atoms with Gasteiger partial charge in [-0.2, -0.15) is 0 Å². The van der Waals surface area contributed by atoms with Crippen LogP contribution in [0.1, 0.15) is 26.7 Å². The second-order valence-electron chi connectivity index (χ2n) is 5.43. The first-order valence-electron chi connectivity index (χ1n) is 6.91. The van der Waals surface area contributed by atoms with Crippen molar-refractivity contribution in [3.63, 3.8) is 0 Å². The van der Waals surface area contributed by atoms with Crippen LogP contribution in [0.2, 0.25) is 0 Å². The molecule has 1 amide bonds. The predicted molar refractivity (Wildman–Crippen MR) is 76.7 cm³/mol. The van der Waals surface area contributed by atoms with E-state index in [4.69, 9.17) is 0 Å². The Hall–Kier alpha value is -2.02. The number of piperidine rings is 1. The minimum absolute atomic E-state index is 0.153. The van der Waals surface area contributed by atoms with E-state index in [1.807, 2.05) is 13.8 Å². The van der Waals surface area contributed by atoms with Crippen LogP contribution in [-0.4, -0.2) is 29.5 Å². The Bertz CT molecular complexity index is 562. The molecule has 1 heterocycles. The number of benzene rings is 1. The quantitative estimate of drug-likeness (QED) is 0.682. The number of nitro groups is 1. The fraction of sp³-hybridized carbons (Fsp3) is 0.500. The van der Waals surface area contributed by atoms with Crippen LogP contribution in [0.4, 0.5) is 15.8 Å². The zero-order valence-electron chi connectivity index (χ0n) is 12.0. The van der Waals surface area contributed by atoms with Crippen LogP contribution in [0, 0.1) is 15.9 Å². The lowest BCUT2D eigenvalue weighted by molar-refractivity contribution is -0.385. The van der Waals surface area contributed by atoms with Gasteiger partial charge in [-0.3, -0.25) is 14.9 Å². The van der Waals surface area contributed by atoms with E-state index in [0.29, 0.717) is 13.0 Å². The van der Waals surface area contributed by atoms with Crippen LogP contribution in [-0.2, 0) is 4.79 Å². The molecule has 2 rings (SSSR count). The maximum Gasteiger partial charge on any atom is 0.274 e. The predicted octanol–water partition coefficient (Wildman–Crippen LogP) is 2.23. The van der Waals surface area contributed by atoms with Crippen molar-refractivity contribution in [1.29, 1.82) is 0 Å². The molecule has 0 radical (unpaired) electrons. The smallest absolute Gasteiger partial charge is 0.274 e. The molecule has 0 saturated carbocycles. The van der Waals surface area contributed by atoms with E-state index in [-0.39, 0.29) is 29.4 Å². The summed E-state index contributed by atoms with van der Waals surface area (Å²) in [5, 5.41) is 14.0. The van der Waals surface area contributed by atoms with Crippen LogP contribution in [0.5, 0.6) is 0 Å². The van der Waals surface area contributed by atoms with Gasteiger partial charge >= 0.3 is 0 Å². The number of anilines is 1. The second kappa shape index (κ2) is 6.17. The van der Waals surface area contributed by atoms with Gasteiger partial charge in [-0.15, -0.1) is 0 Å². The van der Waals surface area contributed by atoms with Crippen molar-refractivity contribution in [2.45, 2.75) is 38.8 Å². The van der Waals surface area contributed by atoms with Crippen molar-refractivity contribution < 1.29 is 14.1 Å². The first-order valence-corrected chi connectivity index (χ1v) is 6.91. The van der Waals surface area contributed by atoms with E-state index in [1.165, 1.54) is 11.0 Å². The third-order valence-corrected chi connectivity index (χ3v) is 3.36. The van der Waals surface area contributed by atoms with Crippen molar-refractivity contribution in [3.8, 4) is 0 Å². The highest BCUT2D eigenvalue weighted by molar-refractivity contribution is 5.98. The lowest BCUT2D eigenvalue weighted by atomic mass is 10.0. The Balaban J connectivity index is 2.28. The van der Waals surface area contributed by atoms with Crippen LogP contribution < -0.4 is 10.2 Å². The van der Waals surface area contributed by atoms with Gasteiger partial charge in [-0.1, -0.05) is 13.8 Å². The lowest BCUT2D eigenvalue weighted by Gasteiger charge is -2.33. The Labute approximate surface area is 122 Å². The molecular weight excluding hydrogens is 277 g/mol. The first kappa shape index (κ1) is 15.4. The van der Waals surface area contributed by atoms with Crippen LogP contribution in [0.3, 0.4) is 0 Å². The number of amides is 1.